The summed E-state index contributed by atoms with van der Waals surface area (Å²) in [5.41, 5.74) is -0.332. The van der Waals surface area contributed by atoms with Gasteiger partial charge >= 0.3 is 16.1 Å². The van der Waals surface area contributed by atoms with E-state index in [0.717, 1.165) is 18.2 Å². The Morgan fingerprint density at radius 2 is 1.44 bits per heavy atom. The van der Waals surface area contributed by atoms with Gasteiger partial charge in [0, 0.05) is 0 Å². The van der Waals surface area contributed by atoms with Crippen molar-refractivity contribution in [2.45, 2.75) is 21.6 Å². The van der Waals surface area contributed by atoms with Crippen molar-refractivity contribution in [3.63, 3.8) is 0 Å². The van der Waals surface area contributed by atoms with Gasteiger partial charge in [0.25, 0.3) is 0 Å². The molecule has 0 spiro atoms. The van der Waals surface area contributed by atoms with Crippen molar-refractivity contribution >= 4 is 25.9 Å². The molecule has 0 aromatic heterocycles. The molecule has 0 aliphatic carbocycles. The fourth-order valence-electron chi connectivity index (χ4n) is 2.76. The Bertz CT molecular complexity index is 1310. The third kappa shape index (κ3) is 4.92. The maximum atomic E-state index is 13.0. The molecule has 0 saturated carbocycles. The van der Waals surface area contributed by atoms with Crippen LogP contribution in [0, 0.1) is 0 Å². The molecule has 3 aromatic carbocycles. The Morgan fingerprint density at radius 3 is 2.03 bits per heavy atom. The molecule has 0 radical (unpaired) electrons. The van der Waals surface area contributed by atoms with E-state index in [1.165, 1.54) is 55.6 Å². The monoisotopic (exact) mass is 476 g/mol. The number of hydrogen-bond acceptors (Lipinski definition) is 8. The van der Waals surface area contributed by atoms with Crippen LogP contribution in [0.1, 0.15) is 17.3 Å². The molecule has 0 saturated heterocycles. The van der Waals surface area contributed by atoms with Gasteiger partial charge in [-0.2, -0.15) is 8.42 Å². The molecule has 3 rings (SSSR count). The summed E-state index contributed by atoms with van der Waals surface area (Å²) < 4.78 is 66.4. The first-order valence-electron chi connectivity index (χ1n) is 9.39. The molecule has 0 N–H and O–H groups in total. The molecule has 168 valence electrons. The third-order valence-corrected chi connectivity index (χ3v) is 7.37. The van der Waals surface area contributed by atoms with Crippen LogP contribution in [0.25, 0.3) is 0 Å². The van der Waals surface area contributed by atoms with Crippen LogP contribution >= 0.6 is 0 Å². The van der Waals surface area contributed by atoms with Crippen molar-refractivity contribution in [2.24, 2.45) is 0 Å². The molecule has 10 heteroatoms. The van der Waals surface area contributed by atoms with Gasteiger partial charge in [-0.05, 0) is 61.5 Å². The minimum Gasteiger partial charge on any atom is -0.497 e. The summed E-state index contributed by atoms with van der Waals surface area (Å²) in [6.45, 7) is 1.57. The Kier molecular flexibility index (Phi) is 6.85. The first-order chi connectivity index (χ1) is 15.2. The smallest absolute Gasteiger partial charge is 0.342 e. The van der Waals surface area contributed by atoms with Crippen molar-refractivity contribution in [1.29, 1.82) is 0 Å². The van der Waals surface area contributed by atoms with Crippen molar-refractivity contribution in [3.05, 3.63) is 78.4 Å². The van der Waals surface area contributed by atoms with Gasteiger partial charge in [0.15, 0.2) is 5.75 Å². The highest BCUT2D eigenvalue weighted by Crippen LogP contribution is 2.30. The number of rotatable bonds is 8. The maximum absolute atomic E-state index is 13.0. The molecule has 0 aliphatic rings. The van der Waals surface area contributed by atoms with Crippen LogP contribution in [-0.4, -0.2) is 36.5 Å². The summed E-state index contributed by atoms with van der Waals surface area (Å²) in [5.74, 6) is -0.787. The number of benzene rings is 3. The van der Waals surface area contributed by atoms with E-state index in [1.54, 1.807) is 13.0 Å². The van der Waals surface area contributed by atoms with E-state index in [2.05, 4.69) is 0 Å². The van der Waals surface area contributed by atoms with Crippen molar-refractivity contribution < 1.29 is 35.3 Å². The lowest BCUT2D eigenvalue weighted by atomic mass is 10.2. The van der Waals surface area contributed by atoms with Crippen molar-refractivity contribution in [1.82, 2.24) is 0 Å². The molecule has 0 aliphatic heterocycles. The average Bonchev–Trinajstić information content (AvgIpc) is 2.79. The molecule has 0 unspecified atom stereocenters. The number of carbonyl (C=O) groups excluding carboxylic acids is 1. The molecule has 0 amide bonds. The highest BCUT2D eigenvalue weighted by atomic mass is 32.2. The predicted octanol–water partition coefficient (Wildman–Crippen LogP) is 3.47. The first-order valence-corrected chi connectivity index (χ1v) is 12.3. The minimum absolute atomic E-state index is 0.000827. The summed E-state index contributed by atoms with van der Waals surface area (Å²) in [6, 6.07) is 16.4. The average molecular weight is 477 g/mol. The van der Waals surface area contributed by atoms with Crippen molar-refractivity contribution in [3.8, 4) is 11.5 Å². The fraction of sp³-hybridized carbons (Fsp3) is 0.136. The highest BCUT2D eigenvalue weighted by Gasteiger charge is 2.26. The quantitative estimate of drug-likeness (QED) is 0.359. The van der Waals surface area contributed by atoms with Crippen LogP contribution < -0.4 is 8.92 Å². The molecular weight excluding hydrogens is 456 g/mol. The van der Waals surface area contributed by atoms with E-state index in [1.807, 2.05) is 0 Å². The summed E-state index contributed by atoms with van der Waals surface area (Å²) in [5, 5.41) is 0. The highest BCUT2D eigenvalue weighted by molar-refractivity contribution is 7.91. The van der Waals surface area contributed by atoms with Gasteiger partial charge in [0.2, 0.25) is 9.84 Å². The zero-order valence-corrected chi connectivity index (χ0v) is 18.9. The van der Waals surface area contributed by atoms with Crippen LogP contribution in [0.5, 0.6) is 11.5 Å². The molecule has 0 fully saturated rings. The van der Waals surface area contributed by atoms with E-state index in [9.17, 15) is 21.6 Å². The van der Waals surface area contributed by atoms with E-state index in [0.29, 0.717) is 5.75 Å². The minimum atomic E-state index is -4.26. The lowest BCUT2D eigenvalue weighted by molar-refractivity contribution is 0.0524. The summed E-state index contributed by atoms with van der Waals surface area (Å²) in [6.07, 6.45) is 0. The second-order valence-electron chi connectivity index (χ2n) is 6.41. The van der Waals surface area contributed by atoms with Gasteiger partial charge in [-0.1, -0.05) is 18.2 Å². The second-order valence-corrected chi connectivity index (χ2v) is 9.90. The van der Waals surface area contributed by atoms with Crippen LogP contribution in [-0.2, 0) is 24.7 Å². The zero-order valence-electron chi connectivity index (χ0n) is 17.2. The number of methoxy groups -OCH3 is 1. The van der Waals surface area contributed by atoms with Gasteiger partial charge in [0.05, 0.1) is 23.5 Å². The Balaban J connectivity index is 2.06. The predicted molar refractivity (Wildman–Crippen MR) is 115 cm³/mol. The molecule has 3 aromatic rings. The molecule has 0 atom stereocenters. The molecule has 0 bridgehead atoms. The first kappa shape index (κ1) is 23.3. The van der Waals surface area contributed by atoms with E-state index < -0.39 is 25.9 Å². The number of sulfone groups is 1. The summed E-state index contributed by atoms with van der Waals surface area (Å²) in [4.78, 5) is 12.1. The lowest BCUT2D eigenvalue weighted by Gasteiger charge is -2.13. The Labute approximate surface area is 186 Å². The standard InChI is InChI=1S/C22H20O8S2/c1-3-29-22(23)20-15-19(31(24,25)17-11-9-16(28-2)10-12-17)13-14-21(20)30-32(26,27)18-7-5-4-6-8-18/h4-15H,3H2,1-2H3. The molecule has 8 nitrogen and oxygen atoms in total. The Morgan fingerprint density at radius 1 is 0.812 bits per heavy atom. The number of carbonyl (C=O) groups is 1. The van der Waals surface area contributed by atoms with Crippen LogP contribution in [0.3, 0.4) is 0 Å². The number of esters is 1. The van der Waals surface area contributed by atoms with Crippen molar-refractivity contribution in [2.75, 3.05) is 13.7 Å². The summed E-state index contributed by atoms with van der Waals surface area (Å²) >= 11 is 0. The van der Waals surface area contributed by atoms with Gasteiger partial charge in [-0.15, -0.1) is 0 Å². The van der Waals surface area contributed by atoms with Gasteiger partial charge in [-0.25, -0.2) is 13.2 Å². The molecule has 0 heterocycles. The Hall–Kier alpha value is -3.37. The van der Waals surface area contributed by atoms with E-state index >= 15 is 0 Å². The van der Waals surface area contributed by atoms with E-state index in [-0.39, 0.29) is 32.6 Å². The maximum Gasteiger partial charge on any atom is 0.342 e. The molecular formula is C22H20O8S2. The normalized spacial score (nSPS) is 11.6. The largest absolute Gasteiger partial charge is 0.497 e. The van der Waals surface area contributed by atoms with E-state index in [4.69, 9.17) is 13.7 Å². The number of hydrogen-bond donors (Lipinski definition) is 0. The van der Waals surface area contributed by atoms with Crippen LogP contribution in [0.4, 0.5) is 0 Å². The van der Waals surface area contributed by atoms with Gasteiger partial charge in [-0.3, -0.25) is 0 Å². The summed E-state index contributed by atoms with van der Waals surface area (Å²) in [7, 11) is -6.82. The topological polar surface area (TPSA) is 113 Å². The van der Waals surface area contributed by atoms with Gasteiger partial charge in [0.1, 0.15) is 16.2 Å². The van der Waals surface area contributed by atoms with Gasteiger partial charge < -0.3 is 13.7 Å². The van der Waals surface area contributed by atoms with Crippen LogP contribution in [0.15, 0.2) is 87.5 Å². The van der Waals surface area contributed by atoms with Crippen LogP contribution in [0.2, 0.25) is 0 Å². The molecule has 32 heavy (non-hydrogen) atoms. The zero-order chi connectivity index (χ0) is 23.4. The lowest BCUT2D eigenvalue weighted by Crippen LogP contribution is -2.14. The fourth-order valence-corrected chi connectivity index (χ4v) is 5.02. The number of ether oxygens (including phenoxy) is 2. The third-order valence-electron chi connectivity index (χ3n) is 4.36. The second kappa shape index (κ2) is 9.41. The SMILES string of the molecule is CCOC(=O)c1cc(S(=O)(=O)c2ccc(OC)cc2)ccc1OS(=O)(=O)c1ccccc1.